The maximum absolute atomic E-state index is 13.4. The van der Waals surface area contributed by atoms with Crippen molar-refractivity contribution in [1.29, 1.82) is 0 Å². The Morgan fingerprint density at radius 3 is 2.22 bits per heavy atom. The van der Waals surface area contributed by atoms with Crippen LogP contribution in [0.3, 0.4) is 0 Å². The van der Waals surface area contributed by atoms with Crippen molar-refractivity contribution in [3.63, 3.8) is 0 Å². The molecule has 0 bridgehead atoms. The fourth-order valence-electron chi connectivity index (χ4n) is 3.10. The third-order valence-corrected chi connectivity index (χ3v) is 8.08. The predicted molar refractivity (Wildman–Crippen MR) is 125 cm³/mol. The first-order chi connectivity index (χ1) is 15.3. The molecular formula is C23H16ClFN2O3S2. The zero-order valence-corrected chi connectivity index (χ0v) is 18.8. The highest BCUT2D eigenvalue weighted by molar-refractivity contribution is 7.92. The fourth-order valence-corrected chi connectivity index (χ4v) is 6.26. The first-order valence-corrected chi connectivity index (χ1v) is 12.0. The summed E-state index contributed by atoms with van der Waals surface area (Å²) in [6.45, 7) is 0. The fraction of sp³-hybridized carbons (Fsp3) is 0. The van der Waals surface area contributed by atoms with Gasteiger partial charge in [0.25, 0.3) is 0 Å². The van der Waals surface area contributed by atoms with Crippen LogP contribution in [0.5, 0.6) is 0 Å². The molecule has 4 aromatic rings. The van der Waals surface area contributed by atoms with Gasteiger partial charge in [-0.05, 0) is 48.5 Å². The molecule has 1 heterocycles. The first kappa shape index (κ1) is 22.0. The van der Waals surface area contributed by atoms with E-state index in [0.29, 0.717) is 5.69 Å². The molecule has 0 aliphatic heterocycles. The van der Waals surface area contributed by atoms with Gasteiger partial charge in [-0.1, -0.05) is 41.9 Å². The van der Waals surface area contributed by atoms with Gasteiger partial charge in [-0.25, -0.2) is 12.8 Å². The summed E-state index contributed by atoms with van der Waals surface area (Å²) in [7, 11) is -4.07. The van der Waals surface area contributed by atoms with Crippen LogP contribution in [0.15, 0.2) is 88.7 Å². The smallest absolute Gasteiger partial charge is 0.211 e. The van der Waals surface area contributed by atoms with Crippen molar-refractivity contribution >= 4 is 54.9 Å². The van der Waals surface area contributed by atoms with Crippen LogP contribution < -0.4 is 11.1 Å². The molecule has 3 aromatic carbocycles. The number of halogens is 2. The number of sulfone groups is 1. The van der Waals surface area contributed by atoms with Gasteiger partial charge in [0.2, 0.25) is 15.6 Å². The molecule has 0 unspecified atom stereocenters. The molecule has 0 spiro atoms. The molecule has 162 valence electrons. The van der Waals surface area contributed by atoms with Gasteiger partial charge in [0, 0.05) is 11.3 Å². The van der Waals surface area contributed by atoms with Crippen LogP contribution in [-0.2, 0) is 9.84 Å². The van der Waals surface area contributed by atoms with E-state index < -0.39 is 21.4 Å². The molecule has 0 saturated heterocycles. The van der Waals surface area contributed by atoms with Crippen LogP contribution in [0.4, 0.5) is 20.8 Å². The molecule has 0 amide bonds. The van der Waals surface area contributed by atoms with Crippen LogP contribution in [0.2, 0.25) is 5.02 Å². The van der Waals surface area contributed by atoms with Crippen molar-refractivity contribution in [3.8, 4) is 0 Å². The lowest BCUT2D eigenvalue weighted by molar-refractivity contribution is 0.104. The Bertz CT molecular complexity index is 1400. The Morgan fingerprint density at radius 2 is 1.56 bits per heavy atom. The molecule has 5 nitrogen and oxygen atoms in total. The highest BCUT2D eigenvalue weighted by Gasteiger charge is 2.32. The van der Waals surface area contributed by atoms with E-state index in [1.165, 1.54) is 36.4 Å². The van der Waals surface area contributed by atoms with E-state index in [9.17, 15) is 17.6 Å². The Morgan fingerprint density at radius 1 is 0.938 bits per heavy atom. The Hall–Kier alpha value is -3.20. The predicted octanol–water partition coefficient (Wildman–Crippen LogP) is 5.93. The molecule has 0 radical (unpaired) electrons. The lowest BCUT2D eigenvalue weighted by atomic mass is 10.1. The van der Waals surface area contributed by atoms with Crippen LogP contribution in [0, 0.1) is 5.82 Å². The minimum atomic E-state index is -4.07. The number of thiophene rings is 1. The van der Waals surface area contributed by atoms with Crippen LogP contribution >= 0.6 is 22.9 Å². The number of carbonyl (C=O) groups excluding carboxylic acids is 1. The second-order valence-electron chi connectivity index (χ2n) is 6.76. The van der Waals surface area contributed by atoms with Crippen LogP contribution in [-0.4, -0.2) is 14.2 Å². The summed E-state index contributed by atoms with van der Waals surface area (Å²) in [5.74, 6) is -0.928. The third kappa shape index (κ3) is 4.12. The van der Waals surface area contributed by atoms with E-state index in [1.54, 1.807) is 42.5 Å². The van der Waals surface area contributed by atoms with E-state index in [0.717, 1.165) is 11.3 Å². The lowest BCUT2D eigenvalue weighted by Gasteiger charge is -2.09. The number of ketones is 1. The van der Waals surface area contributed by atoms with Gasteiger partial charge in [-0.3, -0.25) is 4.79 Å². The van der Waals surface area contributed by atoms with Crippen molar-refractivity contribution in [3.05, 3.63) is 100 Å². The second kappa shape index (κ2) is 8.74. The molecule has 0 aliphatic rings. The maximum atomic E-state index is 13.4. The number of benzene rings is 3. The molecule has 4 rings (SSSR count). The van der Waals surface area contributed by atoms with E-state index in [1.807, 2.05) is 0 Å². The molecule has 0 atom stereocenters. The number of nitrogens with two attached hydrogens (primary N) is 1. The Labute approximate surface area is 193 Å². The normalized spacial score (nSPS) is 11.3. The van der Waals surface area contributed by atoms with Gasteiger partial charge >= 0.3 is 0 Å². The average Bonchev–Trinajstić information content (AvgIpc) is 3.12. The zero-order valence-electron chi connectivity index (χ0n) is 16.4. The highest BCUT2D eigenvalue weighted by atomic mass is 35.5. The number of nitrogens with one attached hydrogen (secondary N) is 1. The van der Waals surface area contributed by atoms with E-state index in [2.05, 4.69) is 5.32 Å². The molecule has 3 N–H and O–H groups in total. The molecule has 32 heavy (non-hydrogen) atoms. The first-order valence-electron chi connectivity index (χ1n) is 9.33. The van der Waals surface area contributed by atoms with E-state index >= 15 is 0 Å². The largest absolute Gasteiger partial charge is 0.396 e. The summed E-state index contributed by atoms with van der Waals surface area (Å²) in [6, 6.07) is 19.6. The molecule has 0 saturated carbocycles. The number of anilines is 3. The van der Waals surface area contributed by atoms with E-state index in [4.69, 9.17) is 17.3 Å². The van der Waals surface area contributed by atoms with Gasteiger partial charge in [0.05, 0.1) is 15.6 Å². The molecular weight excluding hydrogens is 471 g/mol. The molecule has 1 aromatic heterocycles. The third-order valence-electron chi connectivity index (χ3n) is 4.65. The number of carbonyl (C=O) groups is 1. The van der Waals surface area contributed by atoms with E-state index in [-0.39, 0.29) is 35.9 Å². The van der Waals surface area contributed by atoms with Crippen molar-refractivity contribution in [2.75, 3.05) is 11.1 Å². The lowest BCUT2D eigenvalue weighted by Crippen LogP contribution is -2.08. The monoisotopic (exact) mass is 486 g/mol. The van der Waals surface area contributed by atoms with Gasteiger partial charge in [-0.2, -0.15) is 0 Å². The quantitative estimate of drug-likeness (QED) is 0.330. The zero-order chi connectivity index (χ0) is 22.9. The topological polar surface area (TPSA) is 89.3 Å². The summed E-state index contributed by atoms with van der Waals surface area (Å²) < 4.78 is 40.2. The van der Waals surface area contributed by atoms with Crippen LogP contribution in [0.1, 0.15) is 15.2 Å². The van der Waals surface area contributed by atoms with Gasteiger partial charge < -0.3 is 11.1 Å². The minimum absolute atomic E-state index is 0.0309. The summed E-state index contributed by atoms with van der Waals surface area (Å²) >= 11 is 7.07. The van der Waals surface area contributed by atoms with Crippen molar-refractivity contribution < 1.29 is 17.6 Å². The highest BCUT2D eigenvalue weighted by Crippen LogP contribution is 2.44. The number of hydrogen-bond donors (Lipinski definition) is 2. The Kier molecular flexibility index (Phi) is 6.01. The summed E-state index contributed by atoms with van der Waals surface area (Å²) in [5, 5.41) is 3.34. The summed E-state index contributed by atoms with van der Waals surface area (Å²) in [4.78, 5) is 13.0. The Balaban J connectivity index is 1.89. The maximum Gasteiger partial charge on any atom is 0.211 e. The average molecular weight is 487 g/mol. The van der Waals surface area contributed by atoms with Gasteiger partial charge in [-0.15, -0.1) is 11.3 Å². The number of hydrogen-bond acceptors (Lipinski definition) is 6. The van der Waals surface area contributed by atoms with Gasteiger partial charge in [0.1, 0.15) is 20.6 Å². The SMILES string of the molecule is Nc1c(C(=O)c2ccccc2Cl)sc(Nc2ccc(F)cc2)c1S(=O)(=O)c1ccccc1. The summed E-state index contributed by atoms with van der Waals surface area (Å²) in [6.07, 6.45) is 0. The van der Waals surface area contributed by atoms with Crippen molar-refractivity contribution in [1.82, 2.24) is 0 Å². The van der Waals surface area contributed by atoms with Crippen LogP contribution in [0.25, 0.3) is 0 Å². The minimum Gasteiger partial charge on any atom is -0.396 e. The standard InChI is InChI=1S/C23H16ClFN2O3S2/c24-18-9-5-4-8-17(18)20(28)21-19(26)22(32(29,30)16-6-2-1-3-7-16)23(31-21)27-15-12-10-14(25)11-13-15/h1-13,27H,26H2. The molecule has 0 fully saturated rings. The van der Waals surface area contributed by atoms with Crippen molar-refractivity contribution in [2.24, 2.45) is 0 Å². The van der Waals surface area contributed by atoms with Gasteiger partial charge in [0.15, 0.2) is 0 Å². The second-order valence-corrected chi connectivity index (χ2v) is 10.1. The number of rotatable bonds is 6. The molecule has 9 heteroatoms. The number of nitrogen functional groups attached to an aromatic ring is 1. The van der Waals surface area contributed by atoms with Crippen molar-refractivity contribution in [2.45, 2.75) is 9.79 Å². The molecule has 0 aliphatic carbocycles. The summed E-state index contributed by atoms with van der Waals surface area (Å²) in [5.41, 5.74) is 6.73.